The summed E-state index contributed by atoms with van der Waals surface area (Å²) in [4.78, 5) is 0.122. The van der Waals surface area contributed by atoms with E-state index in [0.29, 0.717) is 5.75 Å². The van der Waals surface area contributed by atoms with Gasteiger partial charge >= 0.3 is 0 Å². The number of hydrogen-bond acceptors (Lipinski definition) is 5. The Kier molecular flexibility index (Phi) is 5.10. The topological polar surface area (TPSA) is 95.9 Å². The predicted octanol–water partition coefficient (Wildman–Crippen LogP) is 1.25. The van der Waals surface area contributed by atoms with Gasteiger partial charge in [-0.2, -0.15) is 0 Å². The molecule has 6 nitrogen and oxygen atoms in total. The molecule has 1 fully saturated rings. The third-order valence-corrected chi connectivity index (χ3v) is 6.06. The first-order valence-corrected chi connectivity index (χ1v) is 9.48. The van der Waals surface area contributed by atoms with Gasteiger partial charge in [0.05, 0.1) is 30.3 Å². The standard InChI is InChI=1S/C18H21NO5S/c1-24-13-9-7-12(8-10-13)15-11-16(20)18(21)17(15)19-25(22,23)14-5-3-2-4-6-14/h2-10,15-21H,11H2,1H3. The Balaban J connectivity index is 1.88. The first-order chi connectivity index (χ1) is 11.9. The van der Waals surface area contributed by atoms with Crippen LogP contribution in [0.5, 0.6) is 5.75 Å². The van der Waals surface area contributed by atoms with Crippen LogP contribution in [0.15, 0.2) is 59.5 Å². The maximum atomic E-state index is 12.6. The third-order valence-electron chi connectivity index (χ3n) is 4.58. The Morgan fingerprint density at radius 3 is 2.28 bits per heavy atom. The number of benzene rings is 2. The molecule has 0 bridgehead atoms. The van der Waals surface area contributed by atoms with Crippen molar-refractivity contribution in [2.24, 2.45) is 0 Å². The van der Waals surface area contributed by atoms with Crippen molar-refractivity contribution in [2.45, 2.75) is 35.5 Å². The largest absolute Gasteiger partial charge is 0.497 e. The number of ether oxygens (including phenoxy) is 1. The molecule has 0 aromatic heterocycles. The minimum absolute atomic E-state index is 0.122. The number of aliphatic hydroxyl groups is 2. The quantitative estimate of drug-likeness (QED) is 0.743. The second kappa shape index (κ2) is 7.13. The highest BCUT2D eigenvalue weighted by molar-refractivity contribution is 7.89. The van der Waals surface area contributed by atoms with E-state index in [1.807, 2.05) is 12.1 Å². The summed E-state index contributed by atoms with van der Waals surface area (Å²) in [5.74, 6) is 0.346. The molecule has 0 aliphatic heterocycles. The van der Waals surface area contributed by atoms with E-state index >= 15 is 0 Å². The fourth-order valence-corrected chi connectivity index (χ4v) is 4.53. The molecular formula is C18H21NO5S. The molecule has 4 atom stereocenters. The van der Waals surface area contributed by atoms with Crippen LogP contribution in [0.2, 0.25) is 0 Å². The number of aliphatic hydroxyl groups excluding tert-OH is 2. The van der Waals surface area contributed by atoms with Crippen LogP contribution >= 0.6 is 0 Å². The summed E-state index contributed by atoms with van der Waals surface area (Å²) in [6, 6.07) is 14.3. The molecule has 0 spiro atoms. The fourth-order valence-electron chi connectivity index (χ4n) is 3.22. The van der Waals surface area contributed by atoms with E-state index < -0.39 is 28.3 Å². The fraction of sp³-hybridized carbons (Fsp3) is 0.333. The number of methoxy groups -OCH3 is 1. The van der Waals surface area contributed by atoms with Crippen LogP contribution < -0.4 is 9.46 Å². The van der Waals surface area contributed by atoms with Crippen LogP contribution in [0.4, 0.5) is 0 Å². The number of sulfonamides is 1. The van der Waals surface area contributed by atoms with E-state index in [9.17, 15) is 18.6 Å². The summed E-state index contributed by atoms with van der Waals surface area (Å²) in [6.45, 7) is 0. The second-order valence-electron chi connectivity index (χ2n) is 6.13. The van der Waals surface area contributed by atoms with E-state index in [1.54, 1.807) is 37.4 Å². The van der Waals surface area contributed by atoms with E-state index in [-0.39, 0.29) is 17.2 Å². The van der Waals surface area contributed by atoms with Gasteiger partial charge in [0.1, 0.15) is 5.75 Å². The average molecular weight is 363 g/mol. The zero-order chi connectivity index (χ0) is 18.0. The van der Waals surface area contributed by atoms with Gasteiger partial charge in [-0.25, -0.2) is 13.1 Å². The van der Waals surface area contributed by atoms with Crippen molar-refractivity contribution in [1.82, 2.24) is 4.72 Å². The minimum Gasteiger partial charge on any atom is -0.497 e. The lowest BCUT2D eigenvalue weighted by atomic mass is 9.94. The Labute approximate surface area is 147 Å². The van der Waals surface area contributed by atoms with Gasteiger partial charge in [0.25, 0.3) is 0 Å². The molecule has 1 aliphatic rings. The van der Waals surface area contributed by atoms with Crippen LogP contribution in [-0.4, -0.2) is 44.0 Å². The maximum Gasteiger partial charge on any atom is 0.240 e. The summed E-state index contributed by atoms with van der Waals surface area (Å²) in [5, 5.41) is 20.4. The third kappa shape index (κ3) is 3.69. The molecule has 0 saturated heterocycles. The first kappa shape index (κ1) is 17.9. The number of hydrogen-bond donors (Lipinski definition) is 3. The van der Waals surface area contributed by atoms with E-state index in [0.717, 1.165) is 5.56 Å². The summed E-state index contributed by atoms with van der Waals surface area (Å²) in [7, 11) is -2.24. The van der Waals surface area contributed by atoms with E-state index in [2.05, 4.69) is 4.72 Å². The monoisotopic (exact) mass is 363 g/mol. The van der Waals surface area contributed by atoms with Gasteiger partial charge in [0.2, 0.25) is 10.0 Å². The van der Waals surface area contributed by atoms with Crippen molar-refractivity contribution in [3.8, 4) is 5.75 Å². The van der Waals surface area contributed by atoms with Crippen molar-refractivity contribution in [3.05, 3.63) is 60.2 Å². The Morgan fingerprint density at radius 1 is 1.04 bits per heavy atom. The van der Waals surface area contributed by atoms with E-state index in [1.165, 1.54) is 12.1 Å². The molecule has 7 heteroatoms. The van der Waals surface area contributed by atoms with Crippen molar-refractivity contribution in [2.75, 3.05) is 7.11 Å². The van der Waals surface area contributed by atoms with Crippen molar-refractivity contribution in [3.63, 3.8) is 0 Å². The molecule has 3 rings (SSSR count). The average Bonchev–Trinajstić information content (AvgIpc) is 2.90. The molecule has 3 N–H and O–H groups in total. The number of nitrogens with one attached hydrogen (secondary N) is 1. The van der Waals surface area contributed by atoms with Gasteiger partial charge in [-0.15, -0.1) is 0 Å². The van der Waals surface area contributed by atoms with Gasteiger partial charge in [0.15, 0.2) is 0 Å². The normalized spacial score (nSPS) is 26.5. The summed E-state index contributed by atoms with van der Waals surface area (Å²) in [6.07, 6.45) is -1.89. The molecular weight excluding hydrogens is 342 g/mol. The zero-order valence-electron chi connectivity index (χ0n) is 13.7. The van der Waals surface area contributed by atoms with Gasteiger partial charge in [-0.05, 0) is 36.2 Å². The summed E-state index contributed by atoms with van der Waals surface area (Å²) < 4.78 is 32.9. The van der Waals surface area contributed by atoms with Crippen molar-refractivity contribution < 1.29 is 23.4 Å². The maximum absolute atomic E-state index is 12.6. The lowest BCUT2D eigenvalue weighted by Gasteiger charge is -2.24. The number of rotatable bonds is 5. The van der Waals surface area contributed by atoms with Gasteiger partial charge in [-0.1, -0.05) is 30.3 Å². The van der Waals surface area contributed by atoms with E-state index in [4.69, 9.17) is 4.74 Å². The van der Waals surface area contributed by atoms with Gasteiger partial charge < -0.3 is 14.9 Å². The Morgan fingerprint density at radius 2 is 1.68 bits per heavy atom. The smallest absolute Gasteiger partial charge is 0.240 e. The molecule has 1 aliphatic carbocycles. The van der Waals surface area contributed by atoms with Crippen LogP contribution in [0.1, 0.15) is 17.9 Å². The van der Waals surface area contributed by atoms with Gasteiger partial charge in [0, 0.05) is 5.92 Å². The first-order valence-electron chi connectivity index (χ1n) is 8.00. The van der Waals surface area contributed by atoms with Crippen LogP contribution in [-0.2, 0) is 10.0 Å². The van der Waals surface area contributed by atoms with Crippen LogP contribution in [0, 0.1) is 0 Å². The summed E-state index contributed by atoms with van der Waals surface area (Å²) >= 11 is 0. The van der Waals surface area contributed by atoms with Gasteiger partial charge in [-0.3, -0.25) is 0 Å². The molecule has 2 aromatic carbocycles. The molecule has 0 amide bonds. The Hall–Kier alpha value is -1.93. The second-order valence-corrected chi connectivity index (χ2v) is 7.85. The molecule has 2 aromatic rings. The molecule has 4 unspecified atom stereocenters. The van der Waals surface area contributed by atoms with Crippen molar-refractivity contribution >= 4 is 10.0 Å². The predicted molar refractivity (Wildman–Crippen MR) is 92.9 cm³/mol. The highest BCUT2D eigenvalue weighted by atomic mass is 32.2. The minimum atomic E-state index is -3.80. The highest BCUT2D eigenvalue weighted by Gasteiger charge is 2.44. The molecule has 134 valence electrons. The van der Waals surface area contributed by atoms with Crippen molar-refractivity contribution in [1.29, 1.82) is 0 Å². The summed E-state index contributed by atoms with van der Waals surface area (Å²) in [5.41, 5.74) is 0.831. The van der Waals surface area contributed by atoms with Crippen LogP contribution in [0.3, 0.4) is 0 Å². The Bertz CT molecular complexity index is 807. The molecule has 0 heterocycles. The lowest BCUT2D eigenvalue weighted by molar-refractivity contribution is 0.0338. The molecule has 0 radical (unpaired) electrons. The SMILES string of the molecule is COc1ccc(C2CC(O)C(O)C2NS(=O)(=O)c2ccccc2)cc1. The van der Waals surface area contributed by atoms with Crippen LogP contribution in [0.25, 0.3) is 0 Å². The lowest BCUT2D eigenvalue weighted by Crippen LogP contribution is -2.45. The molecule has 25 heavy (non-hydrogen) atoms. The zero-order valence-corrected chi connectivity index (χ0v) is 14.6. The molecule has 1 saturated carbocycles. The highest BCUT2D eigenvalue weighted by Crippen LogP contribution is 2.36.